The van der Waals surface area contributed by atoms with Crippen LogP contribution in [0.1, 0.15) is 10.4 Å². The minimum Gasteiger partial charge on any atom is -0.345 e. The van der Waals surface area contributed by atoms with Crippen LogP contribution in [0.4, 0.5) is 0 Å². The number of hydrogen-bond donors (Lipinski definition) is 3. The monoisotopic (exact) mass is 203 g/mol. The van der Waals surface area contributed by atoms with E-state index in [1.54, 1.807) is 42.3 Å². The minimum absolute atomic E-state index is 0.403. The summed E-state index contributed by atoms with van der Waals surface area (Å²) in [4.78, 5) is 17.9. The van der Waals surface area contributed by atoms with E-state index in [0.29, 0.717) is 5.56 Å². The van der Waals surface area contributed by atoms with E-state index >= 15 is 0 Å². The molecule has 0 radical (unpaired) electrons. The van der Waals surface area contributed by atoms with Crippen LogP contribution in [-0.4, -0.2) is 21.1 Å². The predicted octanol–water partition coefficient (Wildman–Crippen LogP) is 1.20. The summed E-state index contributed by atoms with van der Waals surface area (Å²) in [6.45, 7) is 0. The Morgan fingerprint density at radius 3 is 2.60 bits per heavy atom. The van der Waals surface area contributed by atoms with Crippen molar-refractivity contribution < 1.29 is 10.0 Å². The van der Waals surface area contributed by atoms with Crippen molar-refractivity contribution in [3.05, 3.63) is 42.4 Å². The molecule has 0 atom stereocenters. The first-order valence-electron chi connectivity index (χ1n) is 4.34. The van der Waals surface area contributed by atoms with E-state index in [4.69, 9.17) is 5.21 Å². The molecule has 76 valence electrons. The van der Waals surface area contributed by atoms with Gasteiger partial charge in [0.2, 0.25) is 0 Å². The van der Waals surface area contributed by atoms with E-state index in [2.05, 4.69) is 9.97 Å². The number of aromatic amines is 1. The molecule has 0 saturated heterocycles. The summed E-state index contributed by atoms with van der Waals surface area (Å²) in [6, 6.07) is 6.81. The largest absolute Gasteiger partial charge is 0.345 e. The van der Waals surface area contributed by atoms with E-state index < -0.39 is 5.91 Å². The highest BCUT2D eigenvalue weighted by atomic mass is 16.5. The van der Waals surface area contributed by atoms with Gasteiger partial charge < -0.3 is 4.98 Å². The number of amides is 1. The van der Waals surface area contributed by atoms with Crippen molar-refractivity contribution in [2.75, 3.05) is 0 Å². The van der Waals surface area contributed by atoms with Crippen LogP contribution < -0.4 is 5.48 Å². The molecule has 0 aliphatic carbocycles. The molecule has 2 aromatic rings. The number of carbonyl (C=O) groups is 1. The lowest BCUT2D eigenvalue weighted by atomic mass is 10.1. The number of H-pyrrole nitrogens is 1. The van der Waals surface area contributed by atoms with Crippen molar-refractivity contribution in [2.24, 2.45) is 0 Å². The van der Waals surface area contributed by atoms with Gasteiger partial charge in [-0.05, 0) is 17.7 Å². The molecule has 5 nitrogen and oxygen atoms in total. The van der Waals surface area contributed by atoms with E-state index in [-0.39, 0.29) is 0 Å². The Morgan fingerprint density at radius 2 is 2.07 bits per heavy atom. The van der Waals surface area contributed by atoms with Gasteiger partial charge >= 0.3 is 0 Å². The van der Waals surface area contributed by atoms with Gasteiger partial charge in [-0.3, -0.25) is 10.0 Å². The van der Waals surface area contributed by atoms with Gasteiger partial charge in [0.25, 0.3) is 5.91 Å². The highest BCUT2D eigenvalue weighted by molar-refractivity contribution is 5.93. The Balaban J connectivity index is 2.29. The third-order valence-electron chi connectivity index (χ3n) is 2.06. The standard InChI is InChI=1S/C10H9N3O2/c14-10(13-15)8-3-1-7(2-4-8)9-5-11-6-12-9/h1-6,15H,(H,11,12)(H,13,14). The van der Waals surface area contributed by atoms with Gasteiger partial charge in [0.05, 0.1) is 18.2 Å². The summed E-state index contributed by atoms with van der Waals surface area (Å²) in [7, 11) is 0. The van der Waals surface area contributed by atoms with Crippen LogP contribution in [0.25, 0.3) is 11.3 Å². The van der Waals surface area contributed by atoms with Crippen LogP contribution in [0.5, 0.6) is 0 Å². The van der Waals surface area contributed by atoms with Crippen molar-refractivity contribution in [3.63, 3.8) is 0 Å². The number of hydroxylamine groups is 1. The van der Waals surface area contributed by atoms with E-state index in [0.717, 1.165) is 11.3 Å². The first kappa shape index (κ1) is 9.42. The Kier molecular flexibility index (Phi) is 2.47. The first-order valence-corrected chi connectivity index (χ1v) is 4.34. The zero-order valence-electron chi connectivity index (χ0n) is 7.77. The van der Waals surface area contributed by atoms with Crippen molar-refractivity contribution in [3.8, 4) is 11.3 Å². The Labute approximate surface area is 85.7 Å². The molecule has 0 spiro atoms. The number of carbonyl (C=O) groups excluding carboxylic acids is 1. The molecule has 1 aromatic carbocycles. The maximum absolute atomic E-state index is 11.0. The lowest BCUT2D eigenvalue weighted by Crippen LogP contribution is -2.18. The molecule has 3 N–H and O–H groups in total. The molecular formula is C10H9N3O2. The smallest absolute Gasteiger partial charge is 0.274 e. The number of imidazole rings is 1. The number of rotatable bonds is 2. The molecule has 0 aliphatic rings. The number of aromatic nitrogens is 2. The summed E-state index contributed by atoms with van der Waals surface area (Å²) in [5, 5.41) is 8.43. The lowest BCUT2D eigenvalue weighted by molar-refractivity contribution is 0.0706. The van der Waals surface area contributed by atoms with Gasteiger partial charge in [0.15, 0.2) is 0 Å². The molecule has 2 rings (SSSR count). The number of nitrogens with zero attached hydrogens (tertiary/aromatic N) is 1. The number of nitrogens with one attached hydrogen (secondary N) is 2. The van der Waals surface area contributed by atoms with E-state index in [9.17, 15) is 4.79 Å². The van der Waals surface area contributed by atoms with Gasteiger partial charge in [-0.1, -0.05) is 12.1 Å². The van der Waals surface area contributed by atoms with Gasteiger partial charge in [0.1, 0.15) is 0 Å². The second-order valence-corrected chi connectivity index (χ2v) is 2.98. The van der Waals surface area contributed by atoms with Crippen LogP contribution in [-0.2, 0) is 0 Å². The molecule has 1 aromatic heterocycles. The zero-order chi connectivity index (χ0) is 10.7. The van der Waals surface area contributed by atoms with Gasteiger partial charge in [0, 0.05) is 5.56 Å². The SMILES string of the molecule is O=C(NO)c1ccc(-c2cnc[nH]2)cc1. The third-order valence-corrected chi connectivity index (χ3v) is 2.06. The second kappa shape index (κ2) is 3.93. The minimum atomic E-state index is -0.522. The lowest BCUT2D eigenvalue weighted by Gasteiger charge is -2.00. The maximum atomic E-state index is 11.0. The molecule has 5 heteroatoms. The average molecular weight is 203 g/mol. The molecule has 1 amide bonds. The zero-order valence-corrected chi connectivity index (χ0v) is 7.77. The fraction of sp³-hybridized carbons (Fsp3) is 0. The molecule has 0 aliphatic heterocycles. The number of hydrogen-bond acceptors (Lipinski definition) is 3. The molecule has 0 unspecified atom stereocenters. The highest BCUT2D eigenvalue weighted by Gasteiger charge is 2.04. The molecule has 15 heavy (non-hydrogen) atoms. The van der Waals surface area contributed by atoms with Crippen LogP contribution in [0.15, 0.2) is 36.8 Å². The molecule has 1 heterocycles. The molecule has 0 saturated carbocycles. The predicted molar refractivity (Wildman–Crippen MR) is 53.3 cm³/mol. The summed E-state index contributed by atoms with van der Waals surface area (Å²) >= 11 is 0. The van der Waals surface area contributed by atoms with Gasteiger partial charge in [-0.15, -0.1) is 0 Å². The van der Waals surface area contributed by atoms with Crippen LogP contribution in [0.2, 0.25) is 0 Å². The number of benzene rings is 1. The maximum Gasteiger partial charge on any atom is 0.274 e. The van der Waals surface area contributed by atoms with E-state index in [1.165, 1.54) is 0 Å². The fourth-order valence-electron chi connectivity index (χ4n) is 1.28. The van der Waals surface area contributed by atoms with Crippen molar-refractivity contribution in [2.45, 2.75) is 0 Å². The Morgan fingerprint density at radius 1 is 1.33 bits per heavy atom. The second-order valence-electron chi connectivity index (χ2n) is 2.98. The molecule has 0 fully saturated rings. The van der Waals surface area contributed by atoms with E-state index in [1.807, 2.05) is 0 Å². The highest BCUT2D eigenvalue weighted by Crippen LogP contribution is 2.16. The molecular weight excluding hydrogens is 194 g/mol. The van der Waals surface area contributed by atoms with Crippen molar-refractivity contribution in [1.29, 1.82) is 0 Å². The topological polar surface area (TPSA) is 78.0 Å². The quantitative estimate of drug-likeness (QED) is 0.507. The summed E-state index contributed by atoms with van der Waals surface area (Å²) in [6.07, 6.45) is 3.28. The van der Waals surface area contributed by atoms with Crippen molar-refractivity contribution in [1.82, 2.24) is 15.4 Å². The molecule has 0 bridgehead atoms. The Bertz CT molecular complexity index is 448. The average Bonchev–Trinajstić information content (AvgIpc) is 2.82. The fourth-order valence-corrected chi connectivity index (χ4v) is 1.28. The normalized spacial score (nSPS) is 9.93. The van der Waals surface area contributed by atoms with Gasteiger partial charge in [-0.25, -0.2) is 10.5 Å². The third kappa shape index (κ3) is 1.87. The summed E-state index contributed by atoms with van der Waals surface area (Å²) in [5.74, 6) is -0.522. The first-order chi connectivity index (χ1) is 7.31. The van der Waals surface area contributed by atoms with Crippen LogP contribution in [0, 0.1) is 0 Å². The van der Waals surface area contributed by atoms with Crippen molar-refractivity contribution >= 4 is 5.91 Å². The summed E-state index contributed by atoms with van der Waals surface area (Å²) < 4.78 is 0. The van der Waals surface area contributed by atoms with Gasteiger partial charge in [-0.2, -0.15) is 0 Å². The van der Waals surface area contributed by atoms with Crippen LogP contribution >= 0.6 is 0 Å². The van der Waals surface area contributed by atoms with Crippen LogP contribution in [0.3, 0.4) is 0 Å². The summed E-state index contributed by atoms with van der Waals surface area (Å²) in [5.41, 5.74) is 3.79. The Hall–Kier alpha value is -2.14.